The SMILES string of the molecule is CCC(COC)Nc1cc(OC)c(Cl)cc1OC. The molecule has 1 atom stereocenters. The maximum Gasteiger partial charge on any atom is 0.143 e. The predicted octanol–water partition coefficient (Wildman–Crippen LogP) is 3.19. The van der Waals surface area contributed by atoms with Gasteiger partial charge in [-0.15, -0.1) is 0 Å². The lowest BCUT2D eigenvalue weighted by Crippen LogP contribution is -2.24. The lowest BCUT2D eigenvalue weighted by Gasteiger charge is -2.20. The van der Waals surface area contributed by atoms with Crippen LogP contribution in [0.5, 0.6) is 11.5 Å². The number of hydrogen-bond donors (Lipinski definition) is 1. The van der Waals surface area contributed by atoms with Crippen LogP contribution in [0.1, 0.15) is 13.3 Å². The number of benzene rings is 1. The van der Waals surface area contributed by atoms with Gasteiger partial charge < -0.3 is 19.5 Å². The van der Waals surface area contributed by atoms with Gasteiger partial charge in [0.05, 0.1) is 31.5 Å². The summed E-state index contributed by atoms with van der Waals surface area (Å²) in [6.45, 7) is 2.72. The zero-order valence-electron chi connectivity index (χ0n) is 11.2. The molecule has 0 aliphatic rings. The van der Waals surface area contributed by atoms with Gasteiger partial charge in [-0.05, 0) is 6.42 Å². The van der Waals surface area contributed by atoms with Crippen LogP contribution in [0.4, 0.5) is 5.69 Å². The Balaban J connectivity index is 2.98. The molecule has 1 unspecified atom stereocenters. The van der Waals surface area contributed by atoms with Gasteiger partial charge in [0.1, 0.15) is 11.5 Å². The Bertz CT molecular complexity index is 385. The maximum atomic E-state index is 6.05. The fraction of sp³-hybridized carbons (Fsp3) is 0.538. The molecule has 0 saturated heterocycles. The van der Waals surface area contributed by atoms with E-state index in [1.807, 2.05) is 6.07 Å². The highest BCUT2D eigenvalue weighted by Gasteiger charge is 2.13. The predicted molar refractivity (Wildman–Crippen MR) is 74.1 cm³/mol. The largest absolute Gasteiger partial charge is 0.495 e. The van der Waals surface area contributed by atoms with E-state index in [1.165, 1.54) is 0 Å². The van der Waals surface area contributed by atoms with E-state index in [9.17, 15) is 0 Å². The Morgan fingerprint density at radius 2 is 1.83 bits per heavy atom. The van der Waals surface area contributed by atoms with Gasteiger partial charge in [-0.1, -0.05) is 18.5 Å². The van der Waals surface area contributed by atoms with Gasteiger partial charge >= 0.3 is 0 Å². The second-order valence-corrected chi connectivity index (χ2v) is 4.30. The fourth-order valence-corrected chi connectivity index (χ4v) is 1.89. The Morgan fingerprint density at radius 3 is 2.33 bits per heavy atom. The summed E-state index contributed by atoms with van der Waals surface area (Å²) in [5.74, 6) is 1.31. The molecule has 1 rings (SSSR count). The molecule has 0 aromatic heterocycles. The van der Waals surface area contributed by atoms with Gasteiger partial charge in [0.2, 0.25) is 0 Å². The maximum absolute atomic E-state index is 6.05. The summed E-state index contributed by atoms with van der Waals surface area (Å²) >= 11 is 6.05. The summed E-state index contributed by atoms with van der Waals surface area (Å²) in [7, 11) is 4.88. The number of hydrogen-bond acceptors (Lipinski definition) is 4. The summed E-state index contributed by atoms with van der Waals surface area (Å²) in [5.41, 5.74) is 0.850. The Labute approximate surface area is 113 Å². The summed E-state index contributed by atoms with van der Waals surface area (Å²) in [4.78, 5) is 0. The highest BCUT2D eigenvalue weighted by molar-refractivity contribution is 6.32. The first-order valence-corrected chi connectivity index (χ1v) is 6.21. The van der Waals surface area contributed by atoms with Gasteiger partial charge in [0, 0.05) is 25.3 Å². The van der Waals surface area contributed by atoms with Crippen LogP contribution in [0.25, 0.3) is 0 Å². The zero-order valence-corrected chi connectivity index (χ0v) is 12.0. The van der Waals surface area contributed by atoms with Crippen molar-refractivity contribution >= 4 is 17.3 Å². The molecule has 102 valence electrons. The van der Waals surface area contributed by atoms with Crippen molar-refractivity contribution in [1.82, 2.24) is 0 Å². The molecule has 0 radical (unpaired) electrons. The lowest BCUT2D eigenvalue weighted by molar-refractivity contribution is 0.184. The minimum absolute atomic E-state index is 0.217. The number of ether oxygens (including phenoxy) is 3. The molecule has 4 nitrogen and oxygen atoms in total. The monoisotopic (exact) mass is 273 g/mol. The van der Waals surface area contributed by atoms with Crippen LogP contribution in [0.15, 0.2) is 12.1 Å². The second kappa shape index (κ2) is 7.34. The van der Waals surface area contributed by atoms with Crippen LogP contribution in [0.3, 0.4) is 0 Å². The minimum Gasteiger partial charge on any atom is -0.495 e. The van der Waals surface area contributed by atoms with Crippen molar-refractivity contribution in [3.05, 3.63) is 17.2 Å². The average Bonchev–Trinajstić information content (AvgIpc) is 2.39. The molecule has 0 aliphatic carbocycles. The second-order valence-electron chi connectivity index (χ2n) is 3.89. The van der Waals surface area contributed by atoms with Crippen LogP contribution >= 0.6 is 11.6 Å². The van der Waals surface area contributed by atoms with Gasteiger partial charge in [-0.25, -0.2) is 0 Å². The average molecular weight is 274 g/mol. The molecule has 1 aromatic carbocycles. The Morgan fingerprint density at radius 1 is 1.17 bits per heavy atom. The van der Waals surface area contributed by atoms with Gasteiger partial charge in [0.15, 0.2) is 0 Å². The summed E-state index contributed by atoms with van der Waals surface area (Å²) in [6.07, 6.45) is 0.946. The molecule has 5 heteroatoms. The van der Waals surface area contributed by atoms with Crippen molar-refractivity contribution in [2.24, 2.45) is 0 Å². The van der Waals surface area contributed by atoms with Crippen LogP contribution in [-0.4, -0.2) is 34.0 Å². The molecule has 1 aromatic rings. The zero-order chi connectivity index (χ0) is 13.5. The highest BCUT2D eigenvalue weighted by Crippen LogP contribution is 2.36. The molecular weight excluding hydrogens is 254 g/mol. The first kappa shape index (κ1) is 14.9. The number of nitrogens with one attached hydrogen (secondary N) is 1. The van der Waals surface area contributed by atoms with E-state index in [4.69, 9.17) is 25.8 Å². The van der Waals surface area contributed by atoms with Crippen LogP contribution in [-0.2, 0) is 4.74 Å². The van der Waals surface area contributed by atoms with E-state index in [1.54, 1.807) is 27.4 Å². The molecule has 0 heterocycles. The summed E-state index contributed by atoms with van der Waals surface area (Å²) in [6, 6.07) is 3.79. The number of halogens is 1. The van der Waals surface area contributed by atoms with E-state index in [-0.39, 0.29) is 6.04 Å². The van der Waals surface area contributed by atoms with Crippen molar-refractivity contribution < 1.29 is 14.2 Å². The molecule has 0 fully saturated rings. The molecule has 0 spiro atoms. The standard InChI is InChI=1S/C13H20ClNO3/c1-5-9(8-16-2)15-11-7-12(17-3)10(14)6-13(11)18-4/h6-7,9,15H,5,8H2,1-4H3. The lowest BCUT2D eigenvalue weighted by atomic mass is 10.2. The normalized spacial score (nSPS) is 12.1. The molecule has 18 heavy (non-hydrogen) atoms. The third-order valence-corrected chi connectivity index (χ3v) is 2.99. The molecule has 0 aliphatic heterocycles. The van der Waals surface area contributed by atoms with Crippen molar-refractivity contribution in [3.63, 3.8) is 0 Å². The smallest absolute Gasteiger partial charge is 0.143 e. The number of rotatable bonds is 7. The van der Waals surface area contributed by atoms with Crippen molar-refractivity contribution in [2.45, 2.75) is 19.4 Å². The first-order valence-electron chi connectivity index (χ1n) is 5.83. The Kier molecular flexibility index (Phi) is 6.09. The van der Waals surface area contributed by atoms with Crippen LogP contribution in [0, 0.1) is 0 Å². The van der Waals surface area contributed by atoms with E-state index in [2.05, 4.69) is 12.2 Å². The highest BCUT2D eigenvalue weighted by atomic mass is 35.5. The molecule has 0 bridgehead atoms. The molecule has 0 saturated carbocycles. The summed E-state index contributed by atoms with van der Waals surface area (Å²) < 4.78 is 15.7. The summed E-state index contributed by atoms with van der Waals surface area (Å²) in [5, 5.41) is 3.89. The van der Waals surface area contributed by atoms with Gasteiger partial charge in [-0.2, -0.15) is 0 Å². The molecule has 1 N–H and O–H groups in total. The van der Waals surface area contributed by atoms with E-state index in [0.29, 0.717) is 23.1 Å². The van der Waals surface area contributed by atoms with Crippen molar-refractivity contribution in [1.29, 1.82) is 0 Å². The van der Waals surface area contributed by atoms with Gasteiger partial charge in [0.25, 0.3) is 0 Å². The topological polar surface area (TPSA) is 39.7 Å². The van der Waals surface area contributed by atoms with Crippen LogP contribution in [0.2, 0.25) is 5.02 Å². The van der Waals surface area contributed by atoms with Gasteiger partial charge in [-0.3, -0.25) is 0 Å². The van der Waals surface area contributed by atoms with Crippen molar-refractivity contribution in [3.8, 4) is 11.5 Å². The minimum atomic E-state index is 0.217. The molecular formula is C13H20ClNO3. The number of anilines is 1. The third kappa shape index (κ3) is 3.68. The molecule has 0 amide bonds. The van der Waals surface area contributed by atoms with E-state index in [0.717, 1.165) is 12.1 Å². The fourth-order valence-electron chi connectivity index (χ4n) is 1.66. The Hall–Kier alpha value is -1.13. The van der Waals surface area contributed by atoms with Crippen LogP contribution < -0.4 is 14.8 Å². The van der Waals surface area contributed by atoms with E-state index >= 15 is 0 Å². The number of methoxy groups -OCH3 is 3. The first-order chi connectivity index (χ1) is 8.65. The van der Waals surface area contributed by atoms with Crippen molar-refractivity contribution in [2.75, 3.05) is 33.3 Å². The third-order valence-electron chi connectivity index (χ3n) is 2.69. The van der Waals surface area contributed by atoms with E-state index < -0.39 is 0 Å². The quantitative estimate of drug-likeness (QED) is 0.828.